The van der Waals surface area contributed by atoms with Crippen LogP contribution < -0.4 is 16.4 Å². The highest BCUT2D eigenvalue weighted by atomic mass is 16.2. The van der Waals surface area contributed by atoms with Crippen molar-refractivity contribution < 1.29 is 9.59 Å². The van der Waals surface area contributed by atoms with Crippen molar-refractivity contribution in [3.8, 4) is 0 Å². The van der Waals surface area contributed by atoms with E-state index < -0.39 is 11.9 Å². The molecule has 1 aromatic rings. The Balaban J connectivity index is 2.18. The molecule has 0 aliphatic carbocycles. The van der Waals surface area contributed by atoms with Crippen LogP contribution in [0.5, 0.6) is 0 Å². The van der Waals surface area contributed by atoms with Crippen LogP contribution in [0.1, 0.15) is 12.0 Å². The summed E-state index contributed by atoms with van der Waals surface area (Å²) in [6, 6.07) is 6.97. The first kappa shape index (κ1) is 10.6. The van der Waals surface area contributed by atoms with Gasteiger partial charge in [-0.1, -0.05) is 18.2 Å². The molecule has 1 unspecified atom stereocenters. The van der Waals surface area contributed by atoms with E-state index in [-0.39, 0.29) is 12.3 Å². The minimum absolute atomic E-state index is 0.0137. The number of nitrogens with two attached hydrogens (primary N) is 1. The number of hydrogen-bond donors (Lipinski definition) is 3. The Morgan fingerprint density at radius 2 is 2.19 bits per heavy atom. The van der Waals surface area contributed by atoms with Crippen molar-refractivity contribution in [3.05, 3.63) is 29.8 Å². The highest BCUT2D eigenvalue weighted by Crippen LogP contribution is 2.18. The summed E-state index contributed by atoms with van der Waals surface area (Å²) in [5.41, 5.74) is 6.87. The quantitative estimate of drug-likeness (QED) is 0.653. The van der Waals surface area contributed by atoms with Crippen molar-refractivity contribution in [1.82, 2.24) is 5.32 Å². The number of hydrogen-bond acceptors (Lipinski definition) is 3. The van der Waals surface area contributed by atoms with Crippen LogP contribution in [0.15, 0.2) is 24.3 Å². The number of carbonyl (C=O) groups excluding carboxylic acids is 2. The van der Waals surface area contributed by atoms with Crippen molar-refractivity contribution in [1.29, 1.82) is 0 Å². The number of fused-ring (bicyclic) bond motifs is 1. The Bertz CT molecular complexity index is 431. The minimum atomic E-state index is -0.551. The van der Waals surface area contributed by atoms with Gasteiger partial charge in [0.2, 0.25) is 11.8 Å². The summed E-state index contributed by atoms with van der Waals surface area (Å²) in [7, 11) is 0. The third-order valence-electron chi connectivity index (χ3n) is 2.54. The molecule has 0 fully saturated rings. The minimum Gasteiger partial charge on any atom is -0.370 e. The van der Waals surface area contributed by atoms with Crippen LogP contribution in [0.2, 0.25) is 0 Å². The van der Waals surface area contributed by atoms with Crippen molar-refractivity contribution in [2.45, 2.75) is 19.0 Å². The molecule has 0 aromatic heterocycles. The van der Waals surface area contributed by atoms with E-state index in [9.17, 15) is 9.59 Å². The monoisotopic (exact) mass is 219 g/mol. The molecule has 1 aliphatic rings. The highest BCUT2D eigenvalue weighted by molar-refractivity contribution is 5.98. The van der Waals surface area contributed by atoms with E-state index in [2.05, 4.69) is 10.6 Å². The standard InChI is InChI=1S/C11H13N3O2/c12-10(15)5-9-11(16)14-8-4-2-1-3-7(8)6-13-9/h1-4,9,13H,5-6H2,(H2,12,15)(H,14,16). The molecule has 4 N–H and O–H groups in total. The number of rotatable bonds is 2. The Hall–Kier alpha value is -1.88. The highest BCUT2D eigenvalue weighted by Gasteiger charge is 2.24. The fourth-order valence-corrected chi connectivity index (χ4v) is 1.71. The van der Waals surface area contributed by atoms with Gasteiger partial charge in [-0.2, -0.15) is 0 Å². The Labute approximate surface area is 93.0 Å². The molecule has 0 saturated heterocycles. The second-order valence-corrected chi connectivity index (χ2v) is 3.75. The largest absolute Gasteiger partial charge is 0.370 e. The first-order chi connectivity index (χ1) is 7.66. The van der Waals surface area contributed by atoms with E-state index in [1.807, 2.05) is 24.3 Å². The smallest absolute Gasteiger partial charge is 0.242 e. The summed E-state index contributed by atoms with van der Waals surface area (Å²) in [5, 5.41) is 5.77. The molecular formula is C11H13N3O2. The lowest BCUT2D eigenvalue weighted by Crippen LogP contribution is -2.40. The summed E-state index contributed by atoms with van der Waals surface area (Å²) in [5.74, 6) is -0.706. The topological polar surface area (TPSA) is 84.2 Å². The molecule has 1 heterocycles. The molecule has 0 saturated carbocycles. The summed E-state index contributed by atoms with van der Waals surface area (Å²) in [6.45, 7) is 0.548. The predicted molar refractivity (Wildman–Crippen MR) is 59.5 cm³/mol. The fraction of sp³-hybridized carbons (Fsp3) is 0.273. The zero-order valence-corrected chi connectivity index (χ0v) is 8.69. The molecule has 1 atom stereocenters. The lowest BCUT2D eigenvalue weighted by molar-refractivity contribution is -0.124. The molecule has 16 heavy (non-hydrogen) atoms. The average molecular weight is 219 g/mol. The van der Waals surface area contributed by atoms with Crippen LogP contribution >= 0.6 is 0 Å². The Morgan fingerprint density at radius 3 is 2.94 bits per heavy atom. The molecule has 0 spiro atoms. The molecule has 5 heteroatoms. The predicted octanol–water partition coefficient (Wildman–Crippen LogP) is -0.0277. The van der Waals surface area contributed by atoms with Gasteiger partial charge in [0.1, 0.15) is 0 Å². The van der Waals surface area contributed by atoms with Crippen LogP contribution in [0.25, 0.3) is 0 Å². The number of nitrogens with one attached hydrogen (secondary N) is 2. The lowest BCUT2D eigenvalue weighted by Gasteiger charge is -2.11. The molecule has 0 radical (unpaired) electrons. The van der Waals surface area contributed by atoms with Crippen molar-refractivity contribution in [3.63, 3.8) is 0 Å². The van der Waals surface area contributed by atoms with Gasteiger partial charge in [0, 0.05) is 12.2 Å². The molecule has 2 amide bonds. The van der Waals surface area contributed by atoms with E-state index in [1.165, 1.54) is 0 Å². The van der Waals surface area contributed by atoms with Crippen LogP contribution in [-0.2, 0) is 16.1 Å². The molecule has 84 valence electrons. The summed E-state index contributed by atoms with van der Waals surface area (Å²) in [6.07, 6.45) is 0.0137. The molecule has 0 bridgehead atoms. The maximum absolute atomic E-state index is 11.7. The third-order valence-corrected chi connectivity index (χ3v) is 2.54. The van der Waals surface area contributed by atoms with Crippen LogP contribution in [-0.4, -0.2) is 17.9 Å². The Morgan fingerprint density at radius 1 is 1.44 bits per heavy atom. The molecule has 2 rings (SSSR count). The van der Waals surface area contributed by atoms with Gasteiger partial charge in [0.25, 0.3) is 0 Å². The van der Waals surface area contributed by atoms with Gasteiger partial charge in [-0.25, -0.2) is 0 Å². The van der Waals surface area contributed by atoms with Crippen LogP contribution in [0.3, 0.4) is 0 Å². The van der Waals surface area contributed by atoms with Gasteiger partial charge >= 0.3 is 0 Å². The maximum Gasteiger partial charge on any atom is 0.242 e. The molecule has 1 aliphatic heterocycles. The van der Waals surface area contributed by atoms with E-state index in [1.54, 1.807) is 0 Å². The molecule has 5 nitrogen and oxygen atoms in total. The number of benzene rings is 1. The average Bonchev–Trinajstić information content (AvgIpc) is 2.39. The van der Waals surface area contributed by atoms with E-state index in [0.717, 1.165) is 11.3 Å². The van der Waals surface area contributed by atoms with Gasteiger partial charge in [0.15, 0.2) is 0 Å². The maximum atomic E-state index is 11.7. The first-order valence-corrected chi connectivity index (χ1v) is 5.07. The number of primary amides is 1. The summed E-state index contributed by atoms with van der Waals surface area (Å²) in [4.78, 5) is 22.5. The van der Waals surface area contributed by atoms with E-state index in [4.69, 9.17) is 5.73 Å². The zero-order chi connectivity index (χ0) is 11.5. The van der Waals surface area contributed by atoms with Gasteiger partial charge in [-0.15, -0.1) is 0 Å². The fourth-order valence-electron chi connectivity index (χ4n) is 1.71. The number of carbonyl (C=O) groups is 2. The second kappa shape index (κ2) is 4.32. The molecule has 1 aromatic carbocycles. The van der Waals surface area contributed by atoms with E-state index >= 15 is 0 Å². The summed E-state index contributed by atoms with van der Waals surface area (Å²) >= 11 is 0. The number of para-hydroxylation sites is 1. The normalized spacial score (nSPS) is 19.5. The molecular weight excluding hydrogens is 206 g/mol. The van der Waals surface area contributed by atoms with Gasteiger partial charge in [-0.05, 0) is 11.6 Å². The van der Waals surface area contributed by atoms with Gasteiger partial charge < -0.3 is 16.4 Å². The summed E-state index contributed by atoms with van der Waals surface area (Å²) < 4.78 is 0. The first-order valence-electron chi connectivity index (χ1n) is 5.07. The van der Waals surface area contributed by atoms with Crippen molar-refractivity contribution in [2.75, 3.05) is 5.32 Å². The van der Waals surface area contributed by atoms with Crippen molar-refractivity contribution in [2.24, 2.45) is 5.73 Å². The van der Waals surface area contributed by atoms with Crippen molar-refractivity contribution >= 4 is 17.5 Å². The van der Waals surface area contributed by atoms with Gasteiger partial charge in [-0.3, -0.25) is 9.59 Å². The SMILES string of the molecule is NC(=O)CC1NCc2ccccc2NC1=O. The van der Waals surface area contributed by atoms with Gasteiger partial charge in [0.05, 0.1) is 12.5 Å². The lowest BCUT2D eigenvalue weighted by atomic mass is 10.2. The third kappa shape index (κ3) is 2.20. The number of amides is 2. The zero-order valence-electron chi connectivity index (χ0n) is 8.69. The van der Waals surface area contributed by atoms with Crippen LogP contribution in [0.4, 0.5) is 5.69 Å². The Kier molecular flexibility index (Phi) is 2.87. The second-order valence-electron chi connectivity index (χ2n) is 3.75. The number of anilines is 1. The van der Waals surface area contributed by atoms with Crippen LogP contribution in [0, 0.1) is 0 Å². The van der Waals surface area contributed by atoms with E-state index in [0.29, 0.717) is 6.54 Å².